The molecule has 0 bridgehead atoms. The second-order valence-electron chi connectivity index (χ2n) is 4.98. The SMILES string of the molecule is F[B-](F)(F)F.c1ccc(C2C[N+]23CCCC3)cc1. The summed E-state index contributed by atoms with van der Waals surface area (Å²) in [5.41, 5.74) is 1.56. The van der Waals surface area contributed by atoms with Crippen LogP contribution in [0.15, 0.2) is 30.3 Å². The minimum Gasteiger partial charge on any atom is -0.418 e. The van der Waals surface area contributed by atoms with Gasteiger partial charge < -0.3 is 21.7 Å². The van der Waals surface area contributed by atoms with Crippen molar-refractivity contribution in [3.05, 3.63) is 35.9 Å². The zero-order chi connectivity index (χ0) is 13.2. The van der Waals surface area contributed by atoms with Crippen molar-refractivity contribution < 1.29 is 21.7 Å². The normalized spacial score (nSPS) is 24.6. The van der Waals surface area contributed by atoms with Crippen LogP contribution in [0.4, 0.5) is 17.3 Å². The smallest absolute Gasteiger partial charge is 0.418 e. The molecule has 6 heteroatoms. The van der Waals surface area contributed by atoms with Crippen molar-refractivity contribution in [2.24, 2.45) is 0 Å². The minimum atomic E-state index is -6.00. The highest BCUT2D eigenvalue weighted by Gasteiger charge is 2.56. The Morgan fingerprint density at radius 3 is 1.94 bits per heavy atom. The minimum absolute atomic E-state index is 0.851. The molecule has 3 rings (SSSR count). The van der Waals surface area contributed by atoms with Crippen molar-refractivity contribution in [1.82, 2.24) is 0 Å². The highest BCUT2D eigenvalue weighted by Crippen LogP contribution is 2.47. The quantitative estimate of drug-likeness (QED) is 0.313. The molecule has 0 aromatic heterocycles. The van der Waals surface area contributed by atoms with E-state index in [0.717, 1.165) is 6.04 Å². The first-order valence-electron chi connectivity index (χ1n) is 6.19. The van der Waals surface area contributed by atoms with Gasteiger partial charge in [0.25, 0.3) is 0 Å². The Labute approximate surface area is 104 Å². The summed E-state index contributed by atoms with van der Waals surface area (Å²) in [5.74, 6) is 0. The topological polar surface area (TPSA) is 0 Å². The van der Waals surface area contributed by atoms with Crippen molar-refractivity contribution in [2.75, 3.05) is 19.6 Å². The largest absolute Gasteiger partial charge is 0.673 e. The molecule has 1 atom stereocenters. The lowest BCUT2D eigenvalue weighted by molar-refractivity contribution is -0.803. The number of benzene rings is 1. The summed E-state index contributed by atoms with van der Waals surface area (Å²) in [6.07, 6.45) is 2.90. The predicted octanol–water partition coefficient (Wildman–Crippen LogP) is 3.65. The molecule has 1 unspecified atom stereocenters. The van der Waals surface area contributed by atoms with Crippen LogP contribution in [-0.2, 0) is 0 Å². The van der Waals surface area contributed by atoms with Gasteiger partial charge in [-0.15, -0.1) is 0 Å². The Hall–Kier alpha value is -1.04. The summed E-state index contributed by atoms with van der Waals surface area (Å²) in [6.45, 7) is 4.27. The molecule has 1 nitrogen and oxygen atoms in total. The fourth-order valence-corrected chi connectivity index (χ4v) is 2.85. The molecule has 0 saturated carbocycles. The molecule has 2 aliphatic rings. The van der Waals surface area contributed by atoms with Crippen molar-refractivity contribution >= 4 is 7.25 Å². The number of quaternary nitrogens is 1. The molecule has 1 aromatic rings. The van der Waals surface area contributed by atoms with Gasteiger partial charge in [0.15, 0.2) is 6.04 Å². The maximum Gasteiger partial charge on any atom is 0.673 e. The lowest BCUT2D eigenvalue weighted by Crippen LogP contribution is -2.21. The van der Waals surface area contributed by atoms with Gasteiger partial charge in [0.2, 0.25) is 0 Å². The van der Waals surface area contributed by atoms with Crippen LogP contribution in [-0.4, -0.2) is 31.4 Å². The summed E-state index contributed by atoms with van der Waals surface area (Å²) in [6, 6.07) is 11.9. The molecular formula is C12H16BF4N. The number of halogens is 4. The Balaban J connectivity index is 0.000000209. The molecule has 0 N–H and O–H groups in total. The molecule has 1 aromatic carbocycles. The van der Waals surface area contributed by atoms with E-state index >= 15 is 0 Å². The number of hydrogen-bond acceptors (Lipinski definition) is 0. The molecule has 0 radical (unpaired) electrons. The second kappa shape index (κ2) is 4.92. The average molecular weight is 261 g/mol. The van der Waals surface area contributed by atoms with Crippen molar-refractivity contribution in [2.45, 2.75) is 18.9 Å². The summed E-state index contributed by atoms with van der Waals surface area (Å²) < 4.78 is 40.4. The summed E-state index contributed by atoms with van der Waals surface area (Å²) in [4.78, 5) is 0. The van der Waals surface area contributed by atoms with Crippen LogP contribution < -0.4 is 0 Å². The van der Waals surface area contributed by atoms with E-state index < -0.39 is 7.25 Å². The zero-order valence-corrected chi connectivity index (χ0v) is 10.0. The van der Waals surface area contributed by atoms with Crippen molar-refractivity contribution in [3.8, 4) is 0 Å². The molecular weight excluding hydrogens is 245 g/mol. The first kappa shape index (κ1) is 13.4. The van der Waals surface area contributed by atoms with Gasteiger partial charge in [-0.25, -0.2) is 0 Å². The van der Waals surface area contributed by atoms with Crippen LogP contribution in [0.1, 0.15) is 24.4 Å². The number of rotatable bonds is 1. The first-order valence-corrected chi connectivity index (χ1v) is 6.19. The van der Waals surface area contributed by atoms with E-state index in [1.54, 1.807) is 5.56 Å². The predicted molar refractivity (Wildman–Crippen MR) is 63.5 cm³/mol. The molecule has 2 aliphatic heterocycles. The van der Waals surface area contributed by atoms with E-state index in [2.05, 4.69) is 30.3 Å². The maximum absolute atomic E-state index is 9.75. The monoisotopic (exact) mass is 261 g/mol. The summed E-state index contributed by atoms with van der Waals surface area (Å²) in [7, 11) is -6.00. The molecule has 0 aliphatic carbocycles. The van der Waals surface area contributed by atoms with Crippen LogP contribution in [0.3, 0.4) is 0 Å². The summed E-state index contributed by atoms with van der Waals surface area (Å²) in [5, 5.41) is 0. The standard InChI is InChI=1S/C12H16N.BF4/c1-2-6-11(7-3-1)12-10-13(12)8-4-5-9-13;2-1(3,4)5/h1-3,6-7,12H,4-5,8-10H2;/q+1;-1. The van der Waals surface area contributed by atoms with Gasteiger partial charge in [0.05, 0.1) is 13.1 Å². The van der Waals surface area contributed by atoms with Crippen LogP contribution in [0.25, 0.3) is 0 Å². The van der Waals surface area contributed by atoms with Gasteiger partial charge in [-0.05, 0) is 0 Å². The van der Waals surface area contributed by atoms with Gasteiger partial charge in [0, 0.05) is 18.4 Å². The van der Waals surface area contributed by atoms with Crippen LogP contribution in [0.5, 0.6) is 0 Å². The van der Waals surface area contributed by atoms with Crippen LogP contribution >= 0.6 is 0 Å². The number of hydrogen-bond donors (Lipinski definition) is 0. The van der Waals surface area contributed by atoms with Gasteiger partial charge in [-0.1, -0.05) is 30.3 Å². The van der Waals surface area contributed by atoms with Gasteiger partial charge in [0.1, 0.15) is 6.54 Å². The molecule has 100 valence electrons. The van der Waals surface area contributed by atoms with Crippen molar-refractivity contribution in [3.63, 3.8) is 0 Å². The van der Waals surface area contributed by atoms with E-state index in [9.17, 15) is 17.3 Å². The lowest BCUT2D eigenvalue weighted by Gasteiger charge is -2.11. The maximum atomic E-state index is 9.75. The molecule has 0 amide bonds. The number of nitrogens with zero attached hydrogens (tertiary/aromatic N) is 1. The van der Waals surface area contributed by atoms with E-state index in [4.69, 9.17) is 0 Å². The molecule has 1 spiro atoms. The lowest BCUT2D eigenvalue weighted by atomic mass is 10.1. The van der Waals surface area contributed by atoms with Crippen molar-refractivity contribution in [1.29, 1.82) is 0 Å². The molecule has 18 heavy (non-hydrogen) atoms. The van der Waals surface area contributed by atoms with Crippen LogP contribution in [0, 0.1) is 0 Å². The Kier molecular flexibility index (Phi) is 3.66. The van der Waals surface area contributed by atoms with E-state index in [0.29, 0.717) is 0 Å². The highest BCUT2D eigenvalue weighted by molar-refractivity contribution is 6.50. The third kappa shape index (κ3) is 3.48. The third-order valence-corrected chi connectivity index (χ3v) is 3.71. The van der Waals surface area contributed by atoms with E-state index in [1.807, 2.05) is 0 Å². The van der Waals surface area contributed by atoms with Gasteiger partial charge in [-0.3, -0.25) is 0 Å². The Bertz CT molecular complexity index is 381. The molecule has 2 fully saturated rings. The fraction of sp³-hybridized carbons (Fsp3) is 0.500. The summed E-state index contributed by atoms with van der Waals surface area (Å²) >= 11 is 0. The average Bonchev–Trinajstić information content (AvgIpc) is 2.76. The Morgan fingerprint density at radius 2 is 1.44 bits per heavy atom. The Morgan fingerprint density at radius 1 is 0.944 bits per heavy atom. The second-order valence-corrected chi connectivity index (χ2v) is 4.98. The molecule has 2 saturated heterocycles. The third-order valence-electron chi connectivity index (χ3n) is 3.71. The van der Waals surface area contributed by atoms with Crippen LogP contribution in [0.2, 0.25) is 0 Å². The fourth-order valence-electron chi connectivity index (χ4n) is 2.85. The molecule has 2 heterocycles. The van der Waals surface area contributed by atoms with E-state index in [-0.39, 0.29) is 0 Å². The highest BCUT2D eigenvalue weighted by atomic mass is 19.5. The van der Waals surface area contributed by atoms with Gasteiger partial charge >= 0.3 is 7.25 Å². The zero-order valence-electron chi connectivity index (χ0n) is 10.0. The van der Waals surface area contributed by atoms with E-state index in [1.165, 1.54) is 37.0 Å². The first-order chi connectivity index (χ1) is 8.41. The van der Waals surface area contributed by atoms with Gasteiger partial charge in [-0.2, -0.15) is 0 Å².